The number of carbonyl (C=O) groups excluding carboxylic acids is 2. The minimum absolute atomic E-state index is 0.335. The Bertz CT molecular complexity index is 1180. The van der Waals surface area contributed by atoms with E-state index in [1.807, 2.05) is 86.6 Å². The zero-order valence-corrected chi connectivity index (χ0v) is 18.1. The van der Waals surface area contributed by atoms with Gasteiger partial charge >= 0.3 is 12.0 Å². The Labute approximate surface area is 186 Å². The van der Waals surface area contributed by atoms with Gasteiger partial charge in [-0.2, -0.15) is 0 Å². The summed E-state index contributed by atoms with van der Waals surface area (Å²) in [6.07, 6.45) is 0. The van der Waals surface area contributed by atoms with E-state index in [9.17, 15) is 9.59 Å². The Morgan fingerprint density at radius 1 is 0.906 bits per heavy atom. The van der Waals surface area contributed by atoms with Crippen LogP contribution >= 0.6 is 0 Å². The van der Waals surface area contributed by atoms with E-state index in [2.05, 4.69) is 10.6 Å². The molecule has 1 heterocycles. The molecule has 1 aliphatic rings. The quantitative estimate of drug-likeness (QED) is 0.559. The van der Waals surface area contributed by atoms with Crippen LogP contribution in [0.3, 0.4) is 0 Å². The number of hydrogen-bond donors (Lipinski definition) is 2. The van der Waals surface area contributed by atoms with Crippen LogP contribution in [-0.4, -0.2) is 19.1 Å². The van der Waals surface area contributed by atoms with Gasteiger partial charge in [-0.1, -0.05) is 54.6 Å². The minimum atomic E-state index is -0.666. The first-order valence-electron chi connectivity index (χ1n) is 10.3. The summed E-state index contributed by atoms with van der Waals surface area (Å²) in [4.78, 5) is 25.2. The van der Waals surface area contributed by atoms with Crippen LogP contribution in [0.2, 0.25) is 0 Å². The van der Waals surface area contributed by atoms with Gasteiger partial charge in [-0.15, -0.1) is 0 Å². The molecular formula is C26H24N2O4. The van der Waals surface area contributed by atoms with Gasteiger partial charge in [0.25, 0.3) is 0 Å². The summed E-state index contributed by atoms with van der Waals surface area (Å²) in [7, 11) is 1.33. The third kappa shape index (κ3) is 4.21. The highest BCUT2D eigenvalue weighted by molar-refractivity contribution is 6.04. The Balaban J connectivity index is 1.70. The summed E-state index contributed by atoms with van der Waals surface area (Å²) in [5.41, 5.74) is 4.46. The van der Waals surface area contributed by atoms with Gasteiger partial charge in [0.05, 0.1) is 24.4 Å². The Hall–Kier alpha value is -4.06. The zero-order valence-electron chi connectivity index (χ0n) is 18.1. The number of esters is 1. The van der Waals surface area contributed by atoms with Crippen molar-refractivity contribution in [1.82, 2.24) is 10.6 Å². The summed E-state index contributed by atoms with van der Waals surface area (Å²) >= 11 is 0. The monoisotopic (exact) mass is 428 g/mol. The summed E-state index contributed by atoms with van der Waals surface area (Å²) in [6, 6.07) is 21.4. The Morgan fingerprint density at radius 2 is 1.62 bits per heavy atom. The van der Waals surface area contributed by atoms with Crippen LogP contribution in [0.15, 0.2) is 78.4 Å². The first kappa shape index (κ1) is 21.2. The van der Waals surface area contributed by atoms with Crippen molar-refractivity contribution in [3.63, 3.8) is 0 Å². The predicted octanol–water partition coefficient (Wildman–Crippen LogP) is 5.03. The largest absolute Gasteiger partial charge is 0.466 e. The van der Waals surface area contributed by atoms with E-state index in [0.717, 1.165) is 28.0 Å². The standard InChI is InChI=1S/C26H24N2O4/c1-16-8-7-11-21(17(16)2)32-20-14-12-19(13-15-20)24-22(25(29)31-3)23(27-26(30)28-24)18-9-5-4-6-10-18/h4-15,24H,1-3H3,(H2,27,28,30). The zero-order chi connectivity index (χ0) is 22.7. The smallest absolute Gasteiger partial charge is 0.338 e. The van der Waals surface area contributed by atoms with Crippen LogP contribution < -0.4 is 15.4 Å². The fraction of sp³-hybridized carbons (Fsp3) is 0.154. The van der Waals surface area contributed by atoms with E-state index in [1.54, 1.807) is 0 Å². The van der Waals surface area contributed by atoms with E-state index >= 15 is 0 Å². The number of aryl methyl sites for hydroxylation is 1. The fourth-order valence-electron chi connectivity index (χ4n) is 3.67. The molecule has 0 fully saturated rings. The maximum Gasteiger partial charge on any atom is 0.338 e. The molecule has 3 aromatic rings. The normalized spacial score (nSPS) is 15.6. The van der Waals surface area contributed by atoms with Gasteiger partial charge in [-0.3, -0.25) is 0 Å². The fourth-order valence-corrected chi connectivity index (χ4v) is 3.67. The van der Waals surface area contributed by atoms with Gasteiger partial charge in [-0.05, 0) is 54.3 Å². The lowest BCUT2D eigenvalue weighted by Crippen LogP contribution is -2.45. The summed E-state index contributed by atoms with van der Waals surface area (Å²) in [5, 5.41) is 5.59. The van der Waals surface area contributed by atoms with Gasteiger partial charge in [-0.25, -0.2) is 9.59 Å². The second-order valence-corrected chi connectivity index (χ2v) is 7.55. The number of methoxy groups -OCH3 is 1. The summed E-state index contributed by atoms with van der Waals surface area (Å²) < 4.78 is 11.1. The molecule has 6 heteroatoms. The van der Waals surface area contributed by atoms with Crippen molar-refractivity contribution >= 4 is 17.7 Å². The van der Waals surface area contributed by atoms with Gasteiger partial charge in [0.15, 0.2) is 0 Å². The van der Waals surface area contributed by atoms with Crippen molar-refractivity contribution in [1.29, 1.82) is 0 Å². The van der Waals surface area contributed by atoms with E-state index in [1.165, 1.54) is 7.11 Å². The highest BCUT2D eigenvalue weighted by Crippen LogP contribution is 2.33. The molecule has 0 spiro atoms. The molecule has 0 radical (unpaired) electrons. The molecule has 0 saturated carbocycles. The molecule has 32 heavy (non-hydrogen) atoms. The van der Waals surface area contributed by atoms with Gasteiger partial charge in [0.1, 0.15) is 11.5 Å². The van der Waals surface area contributed by atoms with Gasteiger partial charge in [0.2, 0.25) is 0 Å². The number of urea groups is 1. The molecule has 6 nitrogen and oxygen atoms in total. The third-order valence-corrected chi connectivity index (χ3v) is 5.54. The topological polar surface area (TPSA) is 76.7 Å². The molecule has 4 rings (SSSR count). The second kappa shape index (κ2) is 8.98. The first-order chi connectivity index (χ1) is 15.5. The second-order valence-electron chi connectivity index (χ2n) is 7.55. The van der Waals surface area contributed by atoms with Crippen LogP contribution in [0.5, 0.6) is 11.5 Å². The number of hydrogen-bond acceptors (Lipinski definition) is 4. The molecular weight excluding hydrogens is 404 g/mol. The lowest BCUT2D eigenvalue weighted by atomic mass is 9.92. The predicted molar refractivity (Wildman–Crippen MR) is 122 cm³/mol. The lowest BCUT2D eigenvalue weighted by molar-refractivity contribution is -0.136. The van der Waals surface area contributed by atoms with Crippen molar-refractivity contribution in [2.75, 3.05) is 7.11 Å². The molecule has 162 valence electrons. The first-order valence-corrected chi connectivity index (χ1v) is 10.3. The number of nitrogens with one attached hydrogen (secondary N) is 2. The van der Waals surface area contributed by atoms with Crippen molar-refractivity contribution in [2.45, 2.75) is 19.9 Å². The van der Waals surface area contributed by atoms with E-state index in [0.29, 0.717) is 17.0 Å². The number of carbonyl (C=O) groups is 2. The lowest BCUT2D eigenvalue weighted by Gasteiger charge is -2.29. The van der Waals surface area contributed by atoms with Crippen molar-refractivity contribution in [3.8, 4) is 11.5 Å². The van der Waals surface area contributed by atoms with Crippen molar-refractivity contribution in [3.05, 3.63) is 101 Å². The summed E-state index contributed by atoms with van der Waals surface area (Å²) in [6.45, 7) is 4.05. The Kier molecular flexibility index (Phi) is 5.94. The van der Waals surface area contributed by atoms with Crippen molar-refractivity contribution in [2.24, 2.45) is 0 Å². The van der Waals surface area contributed by atoms with Crippen LogP contribution in [0.4, 0.5) is 4.79 Å². The van der Waals surface area contributed by atoms with Gasteiger partial charge < -0.3 is 20.1 Å². The molecule has 0 saturated heterocycles. The van der Waals surface area contributed by atoms with Gasteiger partial charge in [0, 0.05) is 0 Å². The molecule has 2 N–H and O–H groups in total. The SMILES string of the molecule is COC(=O)C1=C(c2ccccc2)NC(=O)NC1c1ccc(Oc2cccc(C)c2C)cc1. The van der Waals surface area contributed by atoms with Crippen LogP contribution in [0.25, 0.3) is 5.70 Å². The van der Waals surface area contributed by atoms with Crippen LogP contribution in [-0.2, 0) is 9.53 Å². The molecule has 0 aromatic heterocycles. The average Bonchev–Trinajstić information content (AvgIpc) is 2.82. The van der Waals surface area contributed by atoms with E-state index in [4.69, 9.17) is 9.47 Å². The molecule has 0 bridgehead atoms. The number of benzene rings is 3. The molecule has 1 aliphatic heterocycles. The molecule has 1 unspecified atom stereocenters. The number of rotatable bonds is 5. The average molecular weight is 428 g/mol. The molecule has 3 aromatic carbocycles. The Morgan fingerprint density at radius 3 is 2.31 bits per heavy atom. The highest BCUT2D eigenvalue weighted by Gasteiger charge is 2.34. The van der Waals surface area contributed by atoms with Crippen LogP contribution in [0.1, 0.15) is 28.3 Å². The molecule has 1 atom stereocenters. The van der Waals surface area contributed by atoms with E-state index in [-0.39, 0.29) is 0 Å². The number of amides is 2. The molecule has 0 aliphatic carbocycles. The third-order valence-electron chi connectivity index (χ3n) is 5.54. The maximum absolute atomic E-state index is 12.7. The minimum Gasteiger partial charge on any atom is -0.466 e. The van der Waals surface area contributed by atoms with Crippen molar-refractivity contribution < 1.29 is 19.1 Å². The summed E-state index contributed by atoms with van der Waals surface area (Å²) in [5.74, 6) is 0.932. The van der Waals surface area contributed by atoms with E-state index < -0.39 is 18.0 Å². The highest BCUT2D eigenvalue weighted by atomic mass is 16.5. The van der Waals surface area contributed by atoms with Crippen LogP contribution in [0, 0.1) is 13.8 Å². The number of ether oxygens (including phenoxy) is 2. The maximum atomic E-state index is 12.7. The molecule has 2 amide bonds.